The summed E-state index contributed by atoms with van der Waals surface area (Å²) in [4.78, 5) is 18.5. The zero-order chi connectivity index (χ0) is 28.2. The number of nitrogens with zero attached hydrogens (tertiary/aromatic N) is 3. The van der Waals surface area contributed by atoms with E-state index in [2.05, 4.69) is 24.2 Å². The summed E-state index contributed by atoms with van der Waals surface area (Å²) in [5, 5.41) is 13.2. The van der Waals surface area contributed by atoms with Gasteiger partial charge < -0.3 is 15.8 Å². The van der Waals surface area contributed by atoms with E-state index >= 15 is 0 Å². The monoisotopic (exact) mass is 656 g/mol. The number of amidine groups is 1. The van der Waals surface area contributed by atoms with Crippen molar-refractivity contribution in [1.82, 2.24) is 14.6 Å². The standard InChI is InChI=1S/C25H28F3IN8O2/c1-15-11-16(3-4-20(15)33-24(38)34-21-12-17(5-6-32-21)25(26,27)28)19-13-18(37(35-29)22(19)23(30)31)14-36-7-2-9-39-10-8-36/h3-6,11-13,35H,2,7-10,14H2,1H3,(H3,30,31)(H2,32,33,34,38). The Labute approximate surface area is 237 Å². The molecule has 3 aromatic rings. The Bertz CT molecular complexity index is 1350. The molecule has 1 fully saturated rings. The minimum absolute atomic E-state index is 0.104. The second-order valence-electron chi connectivity index (χ2n) is 9.01. The first-order chi connectivity index (χ1) is 18.6. The minimum Gasteiger partial charge on any atom is -0.382 e. The van der Waals surface area contributed by atoms with Crippen LogP contribution in [0.1, 0.15) is 28.9 Å². The Hall–Kier alpha value is -3.37. The van der Waals surface area contributed by atoms with Crippen LogP contribution in [0.3, 0.4) is 0 Å². The molecular weight excluding hydrogens is 628 g/mol. The number of nitrogen functional groups attached to an aromatic ring is 1. The van der Waals surface area contributed by atoms with Gasteiger partial charge in [0.15, 0.2) is 0 Å². The normalized spacial score (nSPS) is 14.5. The highest BCUT2D eigenvalue weighted by Gasteiger charge is 2.31. The van der Waals surface area contributed by atoms with Crippen LogP contribution < -0.4 is 20.0 Å². The lowest BCUT2D eigenvalue weighted by molar-refractivity contribution is -0.137. The highest BCUT2D eigenvalue weighted by atomic mass is 127. The number of pyridine rings is 1. The summed E-state index contributed by atoms with van der Waals surface area (Å²) in [6, 6.07) is 8.17. The molecule has 6 N–H and O–H groups in total. The summed E-state index contributed by atoms with van der Waals surface area (Å²) < 4.78 is 49.3. The fraction of sp³-hybridized carbons (Fsp3) is 0.320. The number of halogens is 4. The number of alkyl halides is 3. The Morgan fingerprint density at radius 1 is 1.18 bits per heavy atom. The van der Waals surface area contributed by atoms with Crippen LogP contribution >= 0.6 is 22.9 Å². The number of ether oxygens (including phenoxy) is 1. The van der Waals surface area contributed by atoms with Crippen LogP contribution in [-0.2, 0) is 17.5 Å². The second kappa shape index (κ2) is 12.2. The highest BCUT2D eigenvalue weighted by Crippen LogP contribution is 2.32. The molecule has 0 spiro atoms. The third kappa shape index (κ3) is 6.99. The SMILES string of the molecule is Cc1cc(-c2cc(CN3CCCOCC3)n(NI)c2C(=N)N)ccc1NC(=O)Nc1cc(C(F)(F)F)ccn1. The molecule has 14 heteroatoms. The number of hydrogen-bond donors (Lipinski definition) is 5. The van der Waals surface area contributed by atoms with Gasteiger partial charge in [0.25, 0.3) is 0 Å². The van der Waals surface area contributed by atoms with Crippen molar-refractivity contribution < 1.29 is 22.7 Å². The lowest BCUT2D eigenvalue weighted by atomic mass is 10.0. The quantitative estimate of drug-likeness (QED) is 0.106. The summed E-state index contributed by atoms with van der Waals surface area (Å²) in [7, 11) is 0. The van der Waals surface area contributed by atoms with E-state index in [1.165, 1.54) is 0 Å². The molecule has 39 heavy (non-hydrogen) atoms. The minimum atomic E-state index is -4.55. The van der Waals surface area contributed by atoms with E-state index < -0.39 is 17.8 Å². The number of amides is 2. The van der Waals surface area contributed by atoms with E-state index in [1.54, 1.807) is 23.7 Å². The summed E-state index contributed by atoms with van der Waals surface area (Å²) in [6.45, 7) is 5.53. The van der Waals surface area contributed by atoms with E-state index in [0.29, 0.717) is 30.1 Å². The zero-order valence-electron chi connectivity index (χ0n) is 21.0. The van der Waals surface area contributed by atoms with Gasteiger partial charge in [0.1, 0.15) is 17.3 Å². The van der Waals surface area contributed by atoms with Crippen molar-refractivity contribution >= 4 is 46.2 Å². The lowest BCUT2D eigenvalue weighted by Crippen LogP contribution is -2.29. The van der Waals surface area contributed by atoms with Crippen LogP contribution in [0.4, 0.5) is 29.5 Å². The van der Waals surface area contributed by atoms with Gasteiger partial charge in [-0.15, -0.1) is 0 Å². The van der Waals surface area contributed by atoms with Crippen LogP contribution in [-0.4, -0.2) is 52.7 Å². The largest absolute Gasteiger partial charge is 0.416 e. The summed E-state index contributed by atoms with van der Waals surface area (Å²) >= 11 is 2.01. The number of benzene rings is 1. The van der Waals surface area contributed by atoms with Crippen LogP contribution in [0.25, 0.3) is 11.1 Å². The number of aromatic nitrogens is 2. The van der Waals surface area contributed by atoms with Crippen LogP contribution in [0, 0.1) is 12.3 Å². The average molecular weight is 656 g/mol. The van der Waals surface area contributed by atoms with Crippen LogP contribution in [0.5, 0.6) is 0 Å². The van der Waals surface area contributed by atoms with Gasteiger partial charge in [-0.05, 0) is 54.8 Å². The van der Waals surface area contributed by atoms with Gasteiger partial charge in [0.2, 0.25) is 0 Å². The van der Waals surface area contributed by atoms with E-state index in [0.717, 1.165) is 61.3 Å². The molecule has 3 heterocycles. The van der Waals surface area contributed by atoms with E-state index in [4.69, 9.17) is 15.9 Å². The van der Waals surface area contributed by atoms with Crippen molar-refractivity contribution in [3.8, 4) is 11.1 Å². The molecule has 2 aromatic heterocycles. The number of nitrogens with two attached hydrogens (primary N) is 1. The first-order valence-electron chi connectivity index (χ1n) is 12.0. The number of aryl methyl sites for hydroxylation is 1. The molecular formula is C25H28F3IN8O2. The Morgan fingerprint density at radius 3 is 2.67 bits per heavy atom. The molecule has 0 saturated carbocycles. The summed E-state index contributed by atoms with van der Waals surface area (Å²) in [6.07, 6.45) is -2.62. The fourth-order valence-electron chi connectivity index (χ4n) is 4.36. The van der Waals surface area contributed by atoms with Crippen molar-refractivity contribution in [2.24, 2.45) is 5.73 Å². The van der Waals surface area contributed by atoms with Gasteiger partial charge >= 0.3 is 12.2 Å². The molecule has 0 unspecified atom stereocenters. The third-order valence-corrected chi connectivity index (χ3v) is 6.71. The molecule has 1 aromatic carbocycles. The average Bonchev–Trinajstić information content (AvgIpc) is 3.04. The molecule has 208 valence electrons. The molecule has 1 saturated heterocycles. The Morgan fingerprint density at radius 2 is 1.97 bits per heavy atom. The Kier molecular flexibility index (Phi) is 8.97. The van der Waals surface area contributed by atoms with Crippen LogP contribution in [0.2, 0.25) is 0 Å². The van der Waals surface area contributed by atoms with E-state index in [1.807, 2.05) is 35.0 Å². The second-order valence-corrected chi connectivity index (χ2v) is 9.49. The first-order valence-corrected chi connectivity index (χ1v) is 13.1. The van der Waals surface area contributed by atoms with E-state index in [-0.39, 0.29) is 11.7 Å². The molecule has 10 nitrogen and oxygen atoms in total. The molecule has 1 aliphatic rings. The van der Waals surface area contributed by atoms with Crippen molar-refractivity contribution in [2.45, 2.75) is 26.1 Å². The number of carbonyl (C=O) groups excluding carboxylic acids is 1. The summed E-state index contributed by atoms with van der Waals surface area (Å²) in [5.74, 6) is -0.328. The predicted octanol–water partition coefficient (Wildman–Crippen LogP) is 4.92. The van der Waals surface area contributed by atoms with Crippen LogP contribution in [0.15, 0.2) is 42.6 Å². The van der Waals surface area contributed by atoms with Crippen molar-refractivity contribution in [3.05, 3.63) is 65.1 Å². The van der Waals surface area contributed by atoms with Crippen molar-refractivity contribution in [2.75, 3.05) is 40.6 Å². The molecule has 0 atom stereocenters. The lowest BCUT2D eigenvalue weighted by Gasteiger charge is -2.20. The predicted molar refractivity (Wildman–Crippen MR) is 152 cm³/mol. The number of hydrogen-bond acceptors (Lipinski definition) is 6. The summed E-state index contributed by atoms with van der Waals surface area (Å²) in [5.41, 5.74) is 9.22. The molecule has 2 amide bonds. The number of rotatable bonds is 7. The van der Waals surface area contributed by atoms with Crippen molar-refractivity contribution in [3.63, 3.8) is 0 Å². The molecule has 0 radical (unpaired) electrons. The maximum Gasteiger partial charge on any atom is 0.416 e. The number of urea groups is 1. The maximum atomic E-state index is 13.0. The highest BCUT2D eigenvalue weighted by molar-refractivity contribution is 14.1. The number of carbonyl (C=O) groups is 1. The third-order valence-electron chi connectivity index (χ3n) is 6.23. The molecule has 1 aliphatic heterocycles. The van der Waals surface area contributed by atoms with Gasteiger partial charge in [-0.25, -0.2) is 9.78 Å². The van der Waals surface area contributed by atoms with Crippen molar-refractivity contribution in [1.29, 1.82) is 5.41 Å². The fourth-order valence-corrected chi connectivity index (χ4v) is 4.91. The van der Waals surface area contributed by atoms with Gasteiger partial charge in [-0.2, -0.15) is 13.2 Å². The smallest absolute Gasteiger partial charge is 0.382 e. The van der Waals surface area contributed by atoms with Gasteiger partial charge in [0.05, 0.1) is 40.7 Å². The molecule has 0 bridgehead atoms. The topological polar surface area (TPSA) is 133 Å². The number of anilines is 2. The maximum absolute atomic E-state index is 13.0. The first kappa shape index (κ1) is 28.6. The van der Waals surface area contributed by atoms with E-state index in [9.17, 15) is 18.0 Å². The molecule has 4 rings (SSSR count). The Balaban J connectivity index is 1.55. The number of nitrogens with one attached hydrogen (secondary N) is 4. The van der Waals surface area contributed by atoms with Gasteiger partial charge in [-0.3, -0.25) is 23.9 Å². The zero-order valence-corrected chi connectivity index (χ0v) is 23.2. The molecule has 0 aliphatic carbocycles. The van der Waals surface area contributed by atoms with Gasteiger partial charge in [0, 0.05) is 43.7 Å². The van der Waals surface area contributed by atoms with Gasteiger partial charge in [-0.1, -0.05) is 6.07 Å².